The highest BCUT2D eigenvalue weighted by Crippen LogP contribution is 2.64. The lowest BCUT2D eigenvalue weighted by Gasteiger charge is -2.40. The molecule has 20 aromatic rings. The fraction of sp³-hybridized carbons (Fsp3) is 0.121. The van der Waals surface area contributed by atoms with E-state index in [1.54, 1.807) is 0 Å². The number of para-hydroxylation sites is 4. The molecule has 140 heavy (non-hydrogen) atoms. The molecule has 656 valence electrons. The maximum absolute atomic E-state index is 4.88. The number of nitrogens with zero attached hydrogens (tertiary/aromatic N) is 8. The molecule has 0 bridgehead atoms. The predicted octanol–water partition coefficient (Wildman–Crippen LogP) is 30.0. The van der Waals surface area contributed by atoms with Crippen molar-refractivity contribution in [1.82, 2.24) is 19.9 Å². The van der Waals surface area contributed by atoms with Crippen molar-refractivity contribution >= 4 is 68.4 Å². The number of rotatable bonds is 0. The zero-order valence-corrected chi connectivity index (χ0v) is 77.2. The van der Waals surface area contributed by atoms with Gasteiger partial charge in [-0.15, -0.1) is 0 Å². The second kappa shape index (κ2) is 28.5. The van der Waals surface area contributed by atoms with Gasteiger partial charge in [0.1, 0.15) is 5.82 Å². The molecule has 0 saturated carbocycles. The van der Waals surface area contributed by atoms with Gasteiger partial charge in [0.25, 0.3) is 0 Å². The molecule has 36 rings (SSSR count). The van der Waals surface area contributed by atoms with Crippen molar-refractivity contribution < 1.29 is 0 Å². The SMILES string of the molecule is c1ccc2c(c1)Cc1ccc3c(c1-2)Cc1cc2c4c(c1-3)Cc1ccccc1N4c1cccnc1C2.c1ccc2c(c1)Cc1ccc3c(c1-2)Cc1cc2c4c(c1-3)Cc1ccccc1N4c1ccncc1C2.c1ccc2c(c1)Cc1ccc3c(c1-2)Cc1cc2c4c(c1-3)Cc1ccccc1N4c1cnccc1C2.c1ccc2c(c1)Cc1ccc3c(c1-2)Cc1cc2c4c(c1-3)Cc1ccccc1N4c1ncccc1C2. The van der Waals surface area contributed by atoms with Gasteiger partial charge in [0.2, 0.25) is 0 Å². The van der Waals surface area contributed by atoms with Crippen LogP contribution in [0.1, 0.15) is 178 Å². The monoisotopic (exact) mass is 1780 g/mol. The summed E-state index contributed by atoms with van der Waals surface area (Å²) >= 11 is 0. The minimum atomic E-state index is 0.905. The van der Waals surface area contributed by atoms with Gasteiger partial charge in [-0.05, 0) is 367 Å². The molecule has 8 nitrogen and oxygen atoms in total. The molecule has 4 aromatic heterocycles. The van der Waals surface area contributed by atoms with Crippen molar-refractivity contribution in [2.75, 3.05) is 19.6 Å². The quantitative estimate of drug-likeness (QED) is 0.149. The molecule has 8 aliphatic carbocycles. The molecule has 0 atom stereocenters. The van der Waals surface area contributed by atoms with Crippen LogP contribution in [0.2, 0.25) is 0 Å². The third kappa shape index (κ3) is 10.6. The Bertz CT molecular complexity index is 8040. The van der Waals surface area contributed by atoms with Crippen LogP contribution in [0, 0.1) is 0 Å². The highest BCUT2D eigenvalue weighted by Gasteiger charge is 2.45. The summed E-state index contributed by atoms with van der Waals surface area (Å²) in [6.45, 7) is 0. The molecule has 0 fully saturated rings. The second-order valence-electron chi connectivity index (χ2n) is 41.4. The highest BCUT2D eigenvalue weighted by molar-refractivity contribution is 6.05. The van der Waals surface area contributed by atoms with Crippen LogP contribution < -0.4 is 19.6 Å². The smallest absolute Gasteiger partial charge is 0.141 e. The Kier molecular flexibility index (Phi) is 15.6. The van der Waals surface area contributed by atoms with Crippen LogP contribution in [0.4, 0.5) is 68.4 Å². The van der Waals surface area contributed by atoms with Crippen LogP contribution in [-0.4, -0.2) is 19.9 Å². The Labute approximate surface area is 812 Å². The van der Waals surface area contributed by atoms with Crippen LogP contribution in [-0.2, 0) is 103 Å². The van der Waals surface area contributed by atoms with Crippen molar-refractivity contribution in [3.63, 3.8) is 0 Å². The van der Waals surface area contributed by atoms with Crippen molar-refractivity contribution in [2.24, 2.45) is 0 Å². The molecule has 0 saturated heterocycles. The van der Waals surface area contributed by atoms with E-state index in [4.69, 9.17) is 9.97 Å². The summed E-state index contributed by atoms with van der Waals surface area (Å²) in [5, 5.41) is 0. The maximum Gasteiger partial charge on any atom is 0.141 e. The summed E-state index contributed by atoms with van der Waals surface area (Å²) in [4.78, 5) is 28.6. The standard InChI is InChI=1S/4C33H22N2/c1-3-9-25-19(6-1)14-21-11-12-26-27(30(21)25)18-23-16-24-15-22-8-5-13-34-33(22)35-29-10-4-2-7-20(29)17-28(31(23)26)32(24)35;1-3-8-24-19(6-1)14-21-11-12-25-26(31(21)24)17-22-15-23-18-28-30(10-5-13-34-28)35-29-9-4-2-7-20(29)16-27(32(22)25)33(23)35;1-3-7-25-19(5-1)13-22-9-10-26-27(31(22)25)17-23-15-24-14-21-11-12-34-18-30(21)35-29-8-4-2-6-20(29)16-28(32(23)26)33(24)35;1-3-7-25-19(5-1)13-21-9-10-26-27(31(21)25)17-22-14-23-15-24-18-34-12-11-30(24)35-29-8-4-2-6-20(29)16-28(32(22)26)33(23)35/h1-13,16H,14-15,17-18H2;1-13,15H,14,16-18H2;1-12,15,18H,13-14,16-17H2;1-12,14,18H,13,15-17H2. The van der Waals surface area contributed by atoms with Gasteiger partial charge < -0.3 is 14.7 Å². The zero-order chi connectivity index (χ0) is 90.7. The fourth-order valence-electron chi connectivity index (χ4n) is 28.9. The number of hydrogen-bond donors (Lipinski definition) is 0. The molecule has 16 aliphatic rings. The van der Waals surface area contributed by atoms with Gasteiger partial charge in [-0.3, -0.25) is 19.9 Å². The number of benzene rings is 16. The molecular weight excluding hydrogens is 1700 g/mol. The summed E-state index contributed by atoms with van der Waals surface area (Å²) in [7, 11) is 0. The second-order valence-corrected chi connectivity index (χ2v) is 41.4. The molecule has 0 unspecified atom stereocenters. The van der Waals surface area contributed by atoms with E-state index in [1.807, 2.05) is 24.8 Å². The van der Waals surface area contributed by atoms with Crippen LogP contribution in [0.25, 0.3) is 89.0 Å². The van der Waals surface area contributed by atoms with Gasteiger partial charge in [-0.25, -0.2) is 4.98 Å². The minimum absolute atomic E-state index is 0.905. The van der Waals surface area contributed by atoms with Gasteiger partial charge in [0.15, 0.2) is 0 Å². The fourth-order valence-corrected chi connectivity index (χ4v) is 28.9. The van der Waals surface area contributed by atoms with E-state index in [2.05, 4.69) is 345 Å². The molecule has 0 spiro atoms. The zero-order valence-electron chi connectivity index (χ0n) is 77.2. The van der Waals surface area contributed by atoms with E-state index < -0.39 is 0 Å². The molecule has 8 aliphatic heterocycles. The predicted molar refractivity (Wildman–Crippen MR) is 564 cm³/mol. The van der Waals surface area contributed by atoms with E-state index in [0.29, 0.717) is 0 Å². The summed E-state index contributed by atoms with van der Waals surface area (Å²) in [5.41, 5.74) is 84.4. The van der Waals surface area contributed by atoms with Crippen LogP contribution in [0.3, 0.4) is 0 Å². The van der Waals surface area contributed by atoms with Crippen LogP contribution in [0.5, 0.6) is 0 Å². The topological polar surface area (TPSA) is 64.5 Å². The Morgan fingerprint density at radius 1 is 0.157 bits per heavy atom. The first kappa shape index (κ1) is 76.5. The average Bonchev–Trinajstić information content (AvgIpc) is 1.28. The van der Waals surface area contributed by atoms with Crippen molar-refractivity contribution in [1.29, 1.82) is 0 Å². The first-order valence-corrected chi connectivity index (χ1v) is 50.3. The number of fused-ring (bicyclic) bond motifs is 48. The van der Waals surface area contributed by atoms with Gasteiger partial charge in [0, 0.05) is 99.4 Å². The first-order chi connectivity index (χ1) is 69.4. The number of aromatic nitrogens is 4. The van der Waals surface area contributed by atoms with E-state index in [-0.39, 0.29) is 0 Å². The summed E-state index contributed by atoms with van der Waals surface area (Å²) < 4.78 is 0. The van der Waals surface area contributed by atoms with Crippen LogP contribution in [0.15, 0.2) is 340 Å². The third-order valence-electron chi connectivity index (χ3n) is 34.3. The number of hydrogen-bond acceptors (Lipinski definition) is 8. The molecular formula is C132H88N8. The molecule has 0 radical (unpaired) electrons. The first-order valence-electron chi connectivity index (χ1n) is 50.3. The lowest BCUT2D eigenvalue weighted by molar-refractivity contribution is 0.968. The minimum Gasteiger partial charge on any atom is -0.309 e. The van der Waals surface area contributed by atoms with Gasteiger partial charge in [0.05, 0.1) is 57.4 Å². The van der Waals surface area contributed by atoms with Gasteiger partial charge >= 0.3 is 0 Å². The van der Waals surface area contributed by atoms with Crippen molar-refractivity contribution in [2.45, 2.75) is 103 Å². The Morgan fingerprint density at radius 3 is 0.879 bits per heavy atom. The molecule has 0 N–H and O–H groups in total. The lowest BCUT2D eigenvalue weighted by Crippen LogP contribution is -2.26. The summed E-state index contributed by atoms with van der Waals surface area (Å²) in [6.07, 6.45) is 27.9. The van der Waals surface area contributed by atoms with E-state index in [9.17, 15) is 0 Å². The average molecular weight is 1790 g/mol. The lowest BCUT2D eigenvalue weighted by atomic mass is 9.82. The number of anilines is 12. The number of pyridine rings is 4. The van der Waals surface area contributed by atoms with Gasteiger partial charge in [-0.1, -0.05) is 249 Å². The molecule has 8 heteroatoms. The molecule has 16 aromatic carbocycles. The highest BCUT2D eigenvalue weighted by atomic mass is 15.2. The third-order valence-corrected chi connectivity index (χ3v) is 34.3. The molecule has 0 amide bonds. The van der Waals surface area contributed by atoms with Crippen LogP contribution >= 0.6 is 0 Å². The van der Waals surface area contributed by atoms with Crippen molar-refractivity contribution in [3.8, 4) is 89.0 Å². The van der Waals surface area contributed by atoms with Gasteiger partial charge in [-0.2, -0.15) is 0 Å². The van der Waals surface area contributed by atoms with E-state index in [1.165, 1.54) is 330 Å². The van der Waals surface area contributed by atoms with E-state index in [0.717, 1.165) is 109 Å². The Balaban J connectivity index is 0.0000000829. The Hall–Kier alpha value is -16.7. The normalized spacial score (nSPS) is 14.9. The van der Waals surface area contributed by atoms with Crippen molar-refractivity contribution in [3.05, 3.63) is 519 Å². The van der Waals surface area contributed by atoms with E-state index >= 15 is 0 Å². The largest absolute Gasteiger partial charge is 0.309 e. The summed E-state index contributed by atoms with van der Waals surface area (Å²) in [5.74, 6) is 1.09. The molecule has 12 heterocycles. The summed E-state index contributed by atoms with van der Waals surface area (Å²) in [6, 6.07) is 114. The Morgan fingerprint density at radius 2 is 0.443 bits per heavy atom. The maximum atomic E-state index is 4.88.